The van der Waals surface area contributed by atoms with Crippen molar-refractivity contribution in [2.24, 2.45) is 0 Å². The van der Waals surface area contributed by atoms with E-state index in [1.54, 1.807) is 25.6 Å². The number of carbonyl (C=O) groups excluding carboxylic acids is 1. The Hall–Kier alpha value is -3.71. The van der Waals surface area contributed by atoms with Gasteiger partial charge in [-0.1, -0.05) is 12.1 Å². The van der Waals surface area contributed by atoms with Gasteiger partial charge < -0.3 is 19.4 Å². The highest BCUT2D eigenvalue weighted by Crippen LogP contribution is 2.49. The number of oxazole rings is 1. The van der Waals surface area contributed by atoms with E-state index in [4.69, 9.17) is 9.15 Å². The summed E-state index contributed by atoms with van der Waals surface area (Å²) >= 11 is 0. The van der Waals surface area contributed by atoms with Crippen LogP contribution < -0.4 is 10.1 Å². The maximum absolute atomic E-state index is 13.2. The molecule has 1 amide bonds. The van der Waals surface area contributed by atoms with Gasteiger partial charge in [0, 0.05) is 29.6 Å². The number of methoxy groups -OCH3 is 1. The van der Waals surface area contributed by atoms with Gasteiger partial charge in [0.15, 0.2) is 11.7 Å². The smallest absolute Gasteiger partial charge is 0.252 e. The summed E-state index contributed by atoms with van der Waals surface area (Å²) in [5.74, 6) is 1.86. The number of pyridine rings is 1. The number of ether oxygens (including phenoxy) is 1. The molecule has 4 aromatic rings. The maximum Gasteiger partial charge on any atom is 0.252 e. The van der Waals surface area contributed by atoms with Gasteiger partial charge in [-0.15, -0.1) is 0 Å². The van der Waals surface area contributed by atoms with Gasteiger partial charge in [-0.3, -0.25) is 9.78 Å². The molecular weight excluding hydrogens is 452 g/mol. The van der Waals surface area contributed by atoms with E-state index in [-0.39, 0.29) is 5.91 Å². The van der Waals surface area contributed by atoms with Crippen LogP contribution in [-0.4, -0.2) is 48.0 Å². The molecule has 2 aromatic carbocycles. The van der Waals surface area contributed by atoms with Crippen molar-refractivity contribution in [2.75, 3.05) is 27.2 Å². The zero-order valence-corrected chi connectivity index (χ0v) is 21.3. The van der Waals surface area contributed by atoms with E-state index in [0.717, 1.165) is 40.4 Å². The summed E-state index contributed by atoms with van der Waals surface area (Å²) < 4.78 is 11.1. The van der Waals surface area contributed by atoms with Crippen LogP contribution in [0.3, 0.4) is 0 Å². The van der Waals surface area contributed by atoms with Crippen LogP contribution in [0.25, 0.3) is 22.2 Å². The lowest BCUT2D eigenvalue weighted by atomic mass is 9.95. The molecule has 6 rings (SSSR count). The molecule has 0 bridgehead atoms. The van der Waals surface area contributed by atoms with Crippen LogP contribution in [0.5, 0.6) is 5.75 Å². The van der Waals surface area contributed by atoms with Gasteiger partial charge in [-0.2, -0.15) is 0 Å². The molecule has 1 saturated carbocycles. The number of rotatable bonds is 5. The average Bonchev–Trinajstić information content (AvgIpc) is 3.52. The second-order valence-corrected chi connectivity index (χ2v) is 9.71. The van der Waals surface area contributed by atoms with Gasteiger partial charge in [0.1, 0.15) is 5.75 Å². The third-order valence-electron chi connectivity index (χ3n) is 7.01. The first-order valence-electron chi connectivity index (χ1n) is 12.4. The minimum Gasteiger partial charge on any atom is -0.497 e. The van der Waals surface area contributed by atoms with Crippen molar-refractivity contribution < 1.29 is 13.9 Å². The molecule has 3 heterocycles. The number of nitrogens with zero attached hydrogens (tertiary/aromatic N) is 3. The largest absolute Gasteiger partial charge is 0.497 e. The quantitative estimate of drug-likeness (QED) is 0.416. The molecule has 2 aromatic heterocycles. The molecule has 1 N–H and O–H groups in total. The summed E-state index contributed by atoms with van der Waals surface area (Å²) in [7, 11) is 3.74. The molecule has 1 aliphatic carbocycles. The normalized spacial score (nSPS) is 16.0. The molecule has 1 saturated heterocycles. The fourth-order valence-electron chi connectivity index (χ4n) is 4.53. The monoisotopic (exact) mass is 484 g/mol. The van der Waals surface area contributed by atoms with Crippen molar-refractivity contribution in [3.63, 3.8) is 0 Å². The highest BCUT2D eigenvalue weighted by Gasteiger charge is 2.47. The topological polar surface area (TPSA) is 80.5 Å². The first-order chi connectivity index (χ1) is 17.4. The molecule has 0 spiro atoms. The zero-order valence-electron chi connectivity index (χ0n) is 21.3. The van der Waals surface area contributed by atoms with Gasteiger partial charge in [0.05, 0.1) is 24.4 Å². The molecule has 1 aliphatic heterocycles. The third-order valence-corrected chi connectivity index (χ3v) is 7.01. The summed E-state index contributed by atoms with van der Waals surface area (Å²) in [6.45, 7) is 6.39. The Morgan fingerprint density at radius 3 is 2.50 bits per heavy atom. The molecule has 7 heteroatoms. The zero-order chi connectivity index (χ0) is 25.3. The number of amides is 1. The second kappa shape index (κ2) is 9.74. The summed E-state index contributed by atoms with van der Waals surface area (Å²) in [5.41, 5.74) is 3.92. The Morgan fingerprint density at radius 1 is 1.11 bits per heavy atom. The van der Waals surface area contributed by atoms with Gasteiger partial charge in [-0.25, -0.2) is 4.98 Å². The van der Waals surface area contributed by atoms with Gasteiger partial charge in [-0.05, 0) is 87.8 Å². The average molecular weight is 485 g/mol. The number of hydrogen-bond acceptors (Lipinski definition) is 6. The fourth-order valence-corrected chi connectivity index (χ4v) is 4.53. The maximum atomic E-state index is 13.2. The van der Waals surface area contributed by atoms with E-state index in [1.165, 1.54) is 19.5 Å². The Morgan fingerprint density at radius 2 is 1.89 bits per heavy atom. The number of aryl methyl sites for hydroxylation is 2. The summed E-state index contributed by atoms with van der Waals surface area (Å²) in [5, 5.41) is 4.33. The molecule has 0 radical (unpaired) electrons. The van der Waals surface area contributed by atoms with E-state index < -0.39 is 5.54 Å². The first kappa shape index (κ1) is 24.0. The van der Waals surface area contributed by atoms with E-state index >= 15 is 0 Å². The highest BCUT2D eigenvalue weighted by atomic mass is 16.5. The van der Waals surface area contributed by atoms with Crippen molar-refractivity contribution in [2.45, 2.75) is 38.6 Å². The van der Waals surface area contributed by atoms with Crippen LogP contribution in [0.2, 0.25) is 0 Å². The molecular formula is C29H32N4O3. The van der Waals surface area contributed by atoms with E-state index in [2.05, 4.69) is 39.4 Å². The Labute approximate surface area is 211 Å². The van der Waals surface area contributed by atoms with Crippen LogP contribution in [0.1, 0.15) is 46.6 Å². The minimum absolute atomic E-state index is 0.105. The summed E-state index contributed by atoms with van der Waals surface area (Å²) in [4.78, 5) is 24.3. The summed E-state index contributed by atoms with van der Waals surface area (Å²) in [6.07, 6.45) is 6.64. The van der Waals surface area contributed by atoms with Crippen molar-refractivity contribution in [1.82, 2.24) is 20.2 Å². The predicted octanol–water partition coefficient (Wildman–Crippen LogP) is 5.26. The number of nitrogens with one attached hydrogen (secondary N) is 1. The fraction of sp³-hybridized carbons (Fsp3) is 0.345. The first-order valence-corrected chi connectivity index (χ1v) is 12.4. The molecule has 2 aliphatic rings. The van der Waals surface area contributed by atoms with Crippen LogP contribution in [0, 0.1) is 13.8 Å². The lowest BCUT2D eigenvalue weighted by Gasteiger charge is -2.24. The number of aromatic nitrogens is 2. The van der Waals surface area contributed by atoms with Crippen LogP contribution in [0.4, 0.5) is 0 Å². The van der Waals surface area contributed by atoms with E-state index in [0.29, 0.717) is 23.0 Å². The molecule has 186 valence electrons. The molecule has 7 nitrogen and oxygen atoms in total. The predicted molar refractivity (Wildman–Crippen MR) is 140 cm³/mol. The Kier molecular flexibility index (Phi) is 6.49. The van der Waals surface area contributed by atoms with Crippen molar-refractivity contribution in [3.8, 4) is 17.1 Å². The van der Waals surface area contributed by atoms with Crippen LogP contribution >= 0.6 is 0 Å². The summed E-state index contributed by atoms with van der Waals surface area (Å²) in [6, 6.07) is 13.6. The van der Waals surface area contributed by atoms with Crippen molar-refractivity contribution >= 4 is 16.8 Å². The van der Waals surface area contributed by atoms with Gasteiger partial charge in [0.2, 0.25) is 0 Å². The number of likely N-dealkylation sites (tertiary alicyclic amines) is 1. The van der Waals surface area contributed by atoms with Crippen LogP contribution in [-0.2, 0) is 5.54 Å². The minimum atomic E-state index is -0.432. The number of benzene rings is 2. The van der Waals surface area contributed by atoms with E-state index in [9.17, 15) is 4.79 Å². The number of fused-ring (bicyclic) bond motifs is 1. The van der Waals surface area contributed by atoms with Gasteiger partial charge >= 0.3 is 0 Å². The lowest BCUT2D eigenvalue weighted by molar-refractivity contribution is 0.0930. The number of carbonyl (C=O) groups is 1. The Balaban J connectivity index is 0.000000477. The molecule has 0 unspecified atom stereocenters. The van der Waals surface area contributed by atoms with Crippen molar-refractivity contribution in [1.29, 1.82) is 0 Å². The molecule has 36 heavy (non-hydrogen) atoms. The van der Waals surface area contributed by atoms with Gasteiger partial charge in [0.25, 0.3) is 5.91 Å². The highest BCUT2D eigenvalue weighted by molar-refractivity contribution is 5.98. The number of hydrogen-bond donors (Lipinski definition) is 1. The molecule has 0 atom stereocenters. The van der Waals surface area contributed by atoms with Crippen molar-refractivity contribution in [3.05, 3.63) is 77.4 Å². The van der Waals surface area contributed by atoms with E-state index in [1.807, 2.05) is 38.1 Å². The van der Waals surface area contributed by atoms with Crippen LogP contribution in [0.15, 0.2) is 59.3 Å². The standard InChI is InChI=1S/C25H23N3O3.C4H9N/c1-15-6-7-18(30-3)13-20(15)24(29)28-25(8-9-25)21-11-17(23-14-27-16(2)31-23)12-22-19(21)5-4-10-26-22;1-5-3-2-4-5/h4-7,10-14H,8-9H2,1-3H3,(H,28,29);2-4H2,1H3. The molecule has 2 fully saturated rings. The SMILES string of the molecule is CN1CCC1.COc1ccc(C)c(C(=O)NC2(c3cc(-c4cnc(C)o4)cc4ncccc34)CC2)c1. The lowest BCUT2D eigenvalue weighted by Crippen LogP contribution is -2.35. The Bertz CT molecular complexity index is 1400. The second-order valence-electron chi connectivity index (χ2n) is 9.71. The third kappa shape index (κ3) is 4.84.